The van der Waals surface area contributed by atoms with Crippen molar-refractivity contribution >= 4 is 60.7 Å². The molecule has 146 valence electrons. The molecule has 5 aromatic rings. The van der Waals surface area contributed by atoms with Crippen molar-refractivity contribution in [3.05, 3.63) is 76.2 Å². The second-order valence-corrected chi connectivity index (χ2v) is 7.99. The topological polar surface area (TPSA) is 86.5 Å². The zero-order valence-electron chi connectivity index (χ0n) is 15.3. The van der Waals surface area contributed by atoms with Gasteiger partial charge in [-0.3, -0.25) is 0 Å². The molecule has 6 nitrogen and oxygen atoms in total. The van der Waals surface area contributed by atoms with Gasteiger partial charge in [0.2, 0.25) is 11.7 Å². The van der Waals surface area contributed by atoms with Crippen molar-refractivity contribution in [1.82, 2.24) is 15.2 Å². The molecule has 0 radical (unpaired) electrons. The first kappa shape index (κ1) is 18.7. The van der Waals surface area contributed by atoms with Gasteiger partial charge in [0.1, 0.15) is 5.69 Å². The van der Waals surface area contributed by atoms with E-state index in [0.29, 0.717) is 16.5 Å². The molecule has 0 unspecified atom stereocenters. The first-order valence-electron chi connectivity index (χ1n) is 9.03. The Morgan fingerprint density at radius 3 is 2.43 bits per heavy atom. The standard InChI is InChI=1S/C22H13BrClN5O/c23-13-7-10-18-17(11-13)20(22(30)25-18)27-29-21-16-4-2-1-3-15(16)19(26-28-21)12-5-8-14(24)9-6-12/h1-11,25,30H. The Bertz CT molecular complexity index is 1430. The number of nitrogens with zero attached hydrogens (tertiary/aromatic N) is 4. The van der Waals surface area contributed by atoms with Crippen molar-refractivity contribution in [3.63, 3.8) is 0 Å². The molecule has 0 spiro atoms. The Morgan fingerprint density at radius 2 is 1.63 bits per heavy atom. The predicted molar refractivity (Wildman–Crippen MR) is 122 cm³/mol. The Balaban J connectivity index is 1.63. The molecule has 5 rings (SSSR count). The highest BCUT2D eigenvalue weighted by atomic mass is 79.9. The van der Waals surface area contributed by atoms with E-state index in [-0.39, 0.29) is 5.88 Å². The van der Waals surface area contributed by atoms with Gasteiger partial charge in [0, 0.05) is 31.2 Å². The Labute approximate surface area is 184 Å². The highest BCUT2D eigenvalue weighted by molar-refractivity contribution is 9.10. The smallest absolute Gasteiger partial charge is 0.218 e. The van der Waals surface area contributed by atoms with E-state index in [1.807, 2.05) is 66.7 Å². The van der Waals surface area contributed by atoms with Crippen LogP contribution in [-0.4, -0.2) is 20.3 Å². The van der Waals surface area contributed by atoms with Gasteiger partial charge >= 0.3 is 0 Å². The normalized spacial score (nSPS) is 11.7. The molecule has 0 saturated carbocycles. The van der Waals surface area contributed by atoms with E-state index < -0.39 is 0 Å². The second kappa shape index (κ2) is 7.51. The number of hydrogen-bond acceptors (Lipinski definition) is 5. The molecule has 2 heterocycles. The highest BCUT2D eigenvalue weighted by Gasteiger charge is 2.13. The summed E-state index contributed by atoms with van der Waals surface area (Å²) in [5.41, 5.74) is 2.75. The third-order valence-corrected chi connectivity index (χ3v) is 5.49. The lowest BCUT2D eigenvalue weighted by Gasteiger charge is -2.06. The second-order valence-electron chi connectivity index (χ2n) is 6.64. The number of aromatic hydroxyl groups is 1. The minimum absolute atomic E-state index is 0.0538. The van der Waals surface area contributed by atoms with Gasteiger partial charge in [-0.15, -0.1) is 20.4 Å². The molecule has 2 aromatic heterocycles. The predicted octanol–water partition coefficient (Wildman–Crippen LogP) is 7.32. The first-order chi connectivity index (χ1) is 14.6. The quantitative estimate of drug-likeness (QED) is 0.266. The van der Waals surface area contributed by atoms with Crippen molar-refractivity contribution in [2.24, 2.45) is 10.2 Å². The molecule has 0 amide bonds. The third kappa shape index (κ3) is 3.32. The number of H-pyrrole nitrogens is 1. The lowest BCUT2D eigenvalue weighted by atomic mass is 10.0. The van der Waals surface area contributed by atoms with Crippen LogP contribution in [0.3, 0.4) is 0 Å². The highest BCUT2D eigenvalue weighted by Crippen LogP contribution is 2.38. The molecule has 0 atom stereocenters. The van der Waals surface area contributed by atoms with Gasteiger partial charge in [0.25, 0.3) is 0 Å². The monoisotopic (exact) mass is 477 g/mol. The van der Waals surface area contributed by atoms with Crippen LogP contribution in [0.5, 0.6) is 5.88 Å². The molecular weight excluding hydrogens is 466 g/mol. The van der Waals surface area contributed by atoms with Crippen LogP contribution >= 0.6 is 27.5 Å². The van der Waals surface area contributed by atoms with Gasteiger partial charge in [-0.1, -0.05) is 63.9 Å². The molecule has 8 heteroatoms. The molecule has 0 bridgehead atoms. The van der Waals surface area contributed by atoms with Crippen LogP contribution in [0, 0.1) is 0 Å². The summed E-state index contributed by atoms with van der Waals surface area (Å²) in [7, 11) is 0. The van der Waals surface area contributed by atoms with Crippen molar-refractivity contribution in [1.29, 1.82) is 0 Å². The summed E-state index contributed by atoms with van der Waals surface area (Å²) in [6.45, 7) is 0. The van der Waals surface area contributed by atoms with E-state index in [9.17, 15) is 5.11 Å². The number of halogens is 2. The number of aromatic nitrogens is 3. The number of nitrogens with one attached hydrogen (secondary N) is 1. The van der Waals surface area contributed by atoms with Gasteiger partial charge in [-0.05, 0) is 30.3 Å². The maximum atomic E-state index is 10.3. The summed E-state index contributed by atoms with van der Waals surface area (Å²) in [4.78, 5) is 2.90. The minimum atomic E-state index is -0.0538. The zero-order chi connectivity index (χ0) is 20.7. The van der Waals surface area contributed by atoms with Crippen LogP contribution in [0.2, 0.25) is 5.02 Å². The van der Waals surface area contributed by atoms with Crippen LogP contribution in [0.4, 0.5) is 11.5 Å². The summed E-state index contributed by atoms with van der Waals surface area (Å²) < 4.78 is 0.878. The number of fused-ring (bicyclic) bond motifs is 2. The number of azo groups is 1. The summed E-state index contributed by atoms with van der Waals surface area (Å²) >= 11 is 9.45. The molecule has 0 saturated heterocycles. The molecule has 0 fully saturated rings. The molecule has 3 aromatic carbocycles. The first-order valence-corrected chi connectivity index (χ1v) is 10.2. The van der Waals surface area contributed by atoms with Crippen molar-refractivity contribution in [2.75, 3.05) is 0 Å². The van der Waals surface area contributed by atoms with Gasteiger partial charge < -0.3 is 10.1 Å². The maximum Gasteiger partial charge on any atom is 0.218 e. The summed E-state index contributed by atoms with van der Waals surface area (Å²) in [6, 6.07) is 20.8. The van der Waals surface area contributed by atoms with E-state index in [1.165, 1.54) is 0 Å². The number of rotatable bonds is 3. The van der Waals surface area contributed by atoms with Gasteiger partial charge in [0.05, 0.1) is 5.52 Å². The largest absolute Gasteiger partial charge is 0.493 e. The van der Waals surface area contributed by atoms with Gasteiger partial charge in [-0.25, -0.2) is 0 Å². The van der Waals surface area contributed by atoms with Crippen molar-refractivity contribution in [2.45, 2.75) is 0 Å². The van der Waals surface area contributed by atoms with E-state index in [0.717, 1.165) is 37.4 Å². The molecule has 30 heavy (non-hydrogen) atoms. The lowest BCUT2D eigenvalue weighted by molar-refractivity contribution is 0.459. The SMILES string of the molecule is Oc1[nH]c2ccc(Br)cc2c1N=Nc1nnc(-c2ccc(Cl)cc2)c2ccccc12. The van der Waals surface area contributed by atoms with E-state index >= 15 is 0 Å². The lowest BCUT2D eigenvalue weighted by Crippen LogP contribution is -1.90. The van der Waals surface area contributed by atoms with Crippen molar-refractivity contribution < 1.29 is 5.11 Å². The van der Waals surface area contributed by atoms with E-state index in [2.05, 4.69) is 41.3 Å². The molecular formula is C22H13BrClN5O. The summed E-state index contributed by atoms with van der Waals surface area (Å²) in [5.74, 6) is 0.314. The average molecular weight is 479 g/mol. The fourth-order valence-electron chi connectivity index (χ4n) is 3.32. The summed E-state index contributed by atoms with van der Waals surface area (Å²) in [6.07, 6.45) is 0. The van der Waals surface area contributed by atoms with Gasteiger partial charge in [0.15, 0.2) is 5.69 Å². The van der Waals surface area contributed by atoms with Crippen LogP contribution < -0.4 is 0 Å². The Kier molecular flexibility index (Phi) is 4.69. The maximum absolute atomic E-state index is 10.3. The molecule has 2 N–H and O–H groups in total. The number of benzene rings is 3. The molecule has 0 aliphatic heterocycles. The number of aromatic amines is 1. The van der Waals surface area contributed by atoms with Crippen LogP contribution in [0.15, 0.2) is 81.4 Å². The van der Waals surface area contributed by atoms with Crippen molar-refractivity contribution in [3.8, 4) is 17.1 Å². The van der Waals surface area contributed by atoms with Gasteiger partial charge in [-0.2, -0.15) is 0 Å². The number of hydrogen-bond donors (Lipinski definition) is 2. The Hall–Kier alpha value is -3.29. The molecule has 0 aliphatic carbocycles. The fraction of sp³-hybridized carbons (Fsp3) is 0. The zero-order valence-corrected chi connectivity index (χ0v) is 17.7. The average Bonchev–Trinajstić information content (AvgIpc) is 3.07. The van der Waals surface area contributed by atoms with Crippen LogP contribution in [-0.2, 0) is 0 Å². The van der Waals surface area contributed by atoms with E-state index in [4.69, 9.17) is 11.6 Å². The van der Waals surface area contributed by atoms with Crippen LogP contribution in [0.25, 0.3) is 32.9 Å². The van der Waals surface area contributed by atoms with E-state index in [1.54, 1.807) is 0 Å². The minimum Gasteiger partial charge on any atom is -0.493 e. The third-order valence-electron chi connectivity index (χ3n) is 4.74. The molecule has 0 aliphatic rings. The fourth-order valence-corrected chi connectivity index (χ4v) is 3.81. The summed E-state index contributed by atoms with van der Waals surface area (Å²) in [5, 5.41) is 30.6. The Morgan fingerprint density at radius 1 is 0.867 bits per heavy atom. The van der Waals surface area contributed by atoms with Crippen LogP contribution in [0.1, 0.15) is 0 Å².